The molecule has 0 aromatic heterocycles. The number of hydrogen-bond donors (Lipinski definition) is 1. The van der Waals surface area contributed by atoms with Gasteiger partial charge in [0.2, 0.25) is 0 Å². The average molecular weight is 267 g/mol. The molecule has 1 heterocycles. The lowest BCUT2D eigenvalue weighted by molar-refractivity contribution is 0.626. The minimum atomic E-state index is -0.387. The summed E-state index contributed by atoms with van der Waals surface area (Å²) >= 11 is 0. The molecule has 0 saturated heterocycles. The van der Waals surface area contributed by atoms with Crippen LogP contribution in [0.25, 0.3) is 0 Å². The lowest BCUT2D eigenvalue weighted by Crippen LogP contribution is -2.31. The Morgan fingerprint density at radius 3 is 2.90 bits per heavy atom. The van der Waals surface area contributed by atoms with Gasteiger partial charge in [0.1, 0.15) is 11.9 Å². The van der Waals surface area contributed by atoms with Crippen molar-refractivity contribution in [2.75, 3.05) is 17.2 Å². The standard InChI is InChI=1S/C16H14FN3/c17-13-4-5-16(12(8-13)9-18)20-7-6-11-2-1-3-15(19)14(11)10-20/h1-5,8H,6-7,10,19H2. The Hall–Kier alpha value is -2.54. The molecule has 0 bridgehead atoms. The van der Waals surface area contributed by atoms with Gasteiger partial charge in [0.05, 0.1) is 11.3 Å². The van der Waals surface area contributed by atoms with E-state index in [1.165, 1.54) is 17.7 Å². The van der Waals surface area contributed by atoms with Crippen LogP contribution in [0.3, 0.4) is 0 Å². The molecule has 0 spiro atoms. The predicted molar refractivity (Wildman–Crippen MR) is 76.7 cm³/mol. The Labute approximate surface area is 117 Å². The summed E-state index contributed by atoms with van der Waals surface area (Å²) in [6, 6.07) is 12.3. The largest absolute Gasteiger partial charge is 0.398 e. The van der Waals surface area contributed by atoms with Crippen molar-refractivity contribution in [3.8, 4) is 6.07 Å². The summed E-state index contributed by atoms with van der Waals surface area (Å²) in [6.45, 7) is 1.46. The van der Waals surface area contributed by atoms with Crippen molar-refractivity contribution in [3.63, 3.8) is 0 Å². The highest BCUT2D eigenvalue weighted by molar-refractivity contribution is 5.63. The number of nitriles is 1. The van der Waals surface area contributed by atoms with Gasteiger partial charge in [-0.3, -0.25) is 0 Å². The number of fused-ring (bicyclic) bond motifs is 1. The molecule has 1 aliphatic rings. The Bertz CT molecular complexity index is 703. The van der Waals surface area contributed by atoms with Gasteiger partial charge < -0.3 is 10.6 Å². The van der Waals surface area contributed by atoms with Crippen LogP contribution in [0.2, 0.25) is 0 Å². The molecule has 20 heavy (non-hydrogen) atoms. The molecular weight excluding hydrogens is 253 g/mol. The lowest BCUT2D eigenvalue weighted by atomic mass is 9.97. The quantitative estimate of drug-likeness (QED) is 0.808. The van der Waals surface area contributed by atoms with E-state index in [2.05, 4.69) is 17.0 Å². The van der Waals surface area contributed by atoms with Crippen LogP contribution in [0.5, 0.6) is 0 Å². The monoisotopic (exact) mass is 267 g/mol. The van der Waals surface area contributed by atoms with Crippen molar-refractivity contribution in [1.29, 1.82) is 5.26 Å². The molecule has 0 aliphatic carbocycles. The fourth-order valence-corrected chi connectivity index (χ4v) is 2.69. The highest BCUT2D eigenvalue weighted by atomic mass is 19.1. The van der Waals surface area contributed by atoms with E-state index in [4.69, 9.17) is 11.0 Å². The highest BCUT2D eigenvalue weighted by Crippen LogP contribution is 2.30. The van der Waals surface area contributed by atoms with E-state index in [1.807, 2.05) is 12.1 Å². The third kappa shape index (κ3) is 2.08. The molecule has 0 fully saturated rings. The van der Waals surface area contributed by atoms with Crippen molar-refractivity contribution >= 4 is 11.4 Å². The SMILES string of the molecule is N#Cc1cc(F)ccc1N1CCc2cccc(N)c2C1. The van der Waals surface area contributed by atoms with E-state index >= 15 is 0 Å². The first kappa shape index (κ1) is 12.5. The van der Waals surface area contributed by atoms with Crippen LogP contribution in [0, 0.1) is 17.1 Å². The topological polar surface area (TPSA) is 53.0 Å². The Balaban J connectivity index is 1.99. The van der Waals surface area contributed by atoms with Crippen molar-refractivity contribution < 1.29 is 4.39 Å². The van der Waals surface area contributed by atoms with Gasteiger partial charge >= 0.3 is 0 Å². The molecule has 3 nitrogen and oxygen atoms in total. The Kier molecular flexibility index (Phi) is 3.03. The van der Waals surface area contributed by atoms with Crippen LogP contribution in [0.15, 0.2) is 36.4 Å². The molecule has 0 atom stereocenters. The first-order chi connectivity index (χ1) is 9.69. The second-order valence-corrected chi connectivity index (χ2v) is 4.93. The maximum absolute atomic E-state index is 13.2. The summed E-state index contributed by atoms with van der Waals surface area (Å²) in [7, 11) is 0. The van der Waals surface area contributed by atoms with E-state index in [9.17, 15) is 4.39 Å². The first-order valence-corrected chi connectivity index (χ1v) is 6.50. The summed E-state index contributed by atoms with van der Waals surface area (Å²) in [5, 5.41) is 9.16. The van der Waals surface area contributed by atoms with E-state index in [0.29, 0.717) is 12.1 Å². The number of rotatable bonds is 1. The summed E-state index contributed by atoms with van der Waals surface area (Å²) in [6.07, 6.45) is 0.878. The van der Waals surface area contributed by atoms with Crippen molar-refractivity contribution in [2.45, 2.75) is 13.0 Å². The van der Waals surface area contributed by atoms with Gasteiger partial charge in [-0.05, 0) is 41.8 Å². The molecule has 2 aromatic carbocycles. The lowest BCUT2D eigenvalue weighted by Gasteiger charge is -2.32. The van der Waals surface area contributed by atoms with E-state index < -0.39 is 0 Å². The van der Waals surface area contributed by atoms with Gasteiger partial charge in [0.25, 0.3) is 0 Å². The van der Waals surface area contributed by atoms with Gasteiger partial charge in [0.15, 0.2) is 0 Å². The van der Waals surface area contributed by atoms with Gasteiger partial charge in [-0.2, -0.15) is 5.26 Å². The maximum atomic E-state index is 13.2. The zero-order chi connectivity index (χ0) is 14.1. The van der Waals surface area contributed by atoms with Gasteiger partial charge in [-0.15, -0.1) is 0 Å². The van der Waals surface area contributed by atoms with Gasteiger partial charge in [-0.25, -0.2) is 4.39 Å². The zero-order valence-electron chi connectivity index (χ0n) is 10.9. The third-order valence-corrected chi connectivity index (χ3v) is 3.73. The highest BCUT2D eigenvalue weighted by Gasteiger charge is 2.20. The number of nitrogens with zero attached hydrogens (tertiary/aromatic N) is 2. The Morgan fingerprint density at radius 1 is 1.25 bits per heavy atom. The van der Waals surface area contributed by atoms with Crippen LogP contribution in [-0.2, 0) is 13.0 Å². The number of benzene rings is 2. The number of halogens is 1. The van der Waals surface area contributed by atoms with Crippen molar-refractivity contribution in [3.05, 3.63) is 58.9 Å². The molecule has 0 saturated carbocycles. The zero-order valence-corrected chi connectivity index (χ0v) is 10.9. The number of nitrogen functional groups attached to an aromatic ring is 1. The van der Waals surface area contributed by atoms with E-state index in [0.717, 1.165) is 29.9 Å². The molecule has 2 N–H and O–H groups in total. The molecule has 0 radical (unpaired) electrons. The minimum absolute atomic E-state index is 0.364. The Morgan fingerprint density at radius 2 is 2.10 bits per heavy atom. The predicted octanol–water partition coefficient (Wildman–Crippen LogP) is 2.84. The maximum Gasteiger partial charge on any atom is 0.124 e. The summed E-state index contributed by atoms with van der Waals surface area (Å²) in [4.78, 5) is 2.08. The van der Waals surface area contributed by atoms with Crippen molar-refractivity contribution in [1.82, 2.24) is 0 Å². The fourth-order valence-electron chi connectivity index (χ4n) is 2.69. The molecular formula is C16H14FN3. The first-order valence-electron chi connectivity index (χ1n) is 6.50. The molecule has 100 valence electrons. The fraction of sp³-hybridized carbons (Fsp3) is 0.188. The van der Waals surface area contributed by atoms with E-state index in [-0.39, 0.29) is 5.82 Å². The number of nitrogens with two attached hydrogens (primary N) is 1. The second kappa shape index (κ2) is 4.86. The number of hydrogen-bond acceptors (Lipinski definition) is 3. The van der Waals surface area contributed by atoms with Crippen LogP contribution in [0.1, 0.15) is 16.7 Å². The van der Waals surface area contributed by atoms with Gasteiger partial charge in [-0.1, -0.05) is 12.1 Å². The van der Waals surface area contributed by atoms with Crippen LogP contribution < -0.4 is 10.6 Å². The molecule has 1 aliphatic heterocycles. The minimum Gasteiger partial charge on any atom is -0.398 e. The second-order valence-electron chi connectivity index (χ2n) is 4.93. The molecule has 4 heteroatoms. The molecule has 0 amide bonds. The van der Waals surface area contributed by atoms with Crippen LogP contribution >= 0.6 is 0 Å². The number of anilines is 2. The normalized spacial score (nSPS) is 13.7. The summed E-state index contributed by atoms with van der Waals surface area (Å²) in [5.41, 5.74) is 10.3. The van der Waals surface area contributed by atoms with Crippen molar-refractivity contribution in [2.24, 2.45) is 0 Å². The van der Waals surface area contributed by atoms with Gasteiger partial charge in [0, 0.05) is 18.8 Å². The van der Waals surface area contributed by atoms with Crippen LogP contribution in [0.4, 0.5) is 15.8 Å². The smallest absolute Gasteiger partial charge is 0.124 e. The van der Waals surface area contributed by atoms with E-state index in [1.54, 1.807) is 6.07 Å². The summed E-state index contributed by atoms with van der Waals surface area (Å²) in [5.74, 6) is -0.387. The molecule has 3 rings (SSSR count). The summed E-state index contributed by atoms with van der Waals surface area (Å²) < 4.78 is 13.2. The average Bonchev–Trinajstić information content (AvgIpc) is 2.47. The molecule has 0 unspecified atom stereocenters. The van der Waals surface area contributed by atoms with Crippen LogP contribution in [-0.4, -0.2) is 6.54 Å². The molecule has 2 aromatic rings. The third-order valence-electron chi connectivity index (χ3n) is 3.73.